The zero-order chi connectivity index (χ0) is 17.4. The highest BCUT2D eigenvalue weighted by Gasteiger charge is 2.27. The van der Waals surface area contributed by atoms with Crippen molar-refractivity contribution in [3.8, 4) is 0 Å². The molecule has 24 heavy (non-hydrogen) atoms. The van der Waals surface area contributed by atoms with E-state index in [4.69, 9.17) is 11.5 Å². The van der Waals surface area contributed by atoms with E-state index < -0.39 is 0 Å². The summed E-state index contributed by atoms with van der Waals surface area (Å²) >= 11 is 1.77. The van der Waals surface area contributed by atoms with E-state index in [1.54, 1.807) is 11.8 Å². The number of hydrogen-bond donors (Lipinski definition) is 3. The van der Waals surface area contributed by atoms with Crippen LogP contribution in [-0.2, 0) is 4.79 Å². The molecule has 5 N–H and O–H groups in total. The lowest BCUT2D eigenvalue weighted by molar-refractivity contribution is -0.130. The molecule has 1 unspecified atom stereocenters. The zero-order valence-corrected chi connectivity index (χ0v) is 15.9. The summed E-state index contributed by atoms with van der Waals surface area (Å²) in [5.74, 6) is 1.96. The highest BCUT2D eigenvalue weighted by Crippen LogP contribution is 2.30. The van der Waals surface area contributed by atoms with Gasteiger partial charge in [-0.05, 0) is 43.9 Å². The van der Waals surface area contributed by atoms with Gasteiger partial charge in [0.15, 0.2) is 0 Å². The molecule has 1 atom stereocenters. The summed E-state index contributed by atoms with van der Waals surface area (Å²) in [6.45, 7) is 5.49. The van der Waals surface area contributed by atoms with Crippen LogP contribution in [0.1, 0.15) is 51.9 Å². The summed E-state index contributed by atoms with van der Waals surface area (Å²) in [5.41, 5.74) is 12.2. The van der Waals surface area contributed by atoms with Gasteiger partial charge >= 0.3 is 0 Å². The average molecular weight is 355 g/mol. The largest absolute Gasteiger partial charge is 0.400 e. The molecule has 0 aromatic rings. The van der Waals surface area contributed by atoms with Crippen LogP contribution in [0.3, 0.4) is 0 Å². The Labute approximate surface area is 151 Å². The molecule has 1 saturated carbocycles. The Bertz CT molecular complexity index is 429. The van der Waals surface area contributed by atoms with E-state index in [0.717, 1.165) is 31.0 Å². The van der Waals surface area contributed by atoms with Crippen LogP contribution in [-0.4, -0.2) is 48.8 Å². The minimum absolute atomic E-state index is 0.298. The second-order valence-corrected chi connectivity index (χ2v) is 8.37. The van der Waals surface area contributed by atoms with E-state index in [1.165, 1.54) is 50.0 Å². The Morgan fingerprint density at radius 2 is 2.00 bits per heavy atom. The van der Waals surface area contributed by atoms with E-state index in [0.29, 0.717) is 24.4 Å². The molecule has 6 heteroatoms. The summed E-state index contributed by atoms with van der Waals surface area (Å²) in [6, 6.07) is 0.625. The SMILES string of the molecule is CCSC1=C(N)CN(C(=O)CC2CCCC2)C1.NCC1CCCN1. The number of carbonyl (C=O) groups is 1. The van der Waals surface area contributed by atoms with Crippen molar-refractivity contribution in [1.82, 2.24) is 10.2 Å². The Balaban J connectivity index is 0.000000249. The average Bonchev–Trinajstić information content (AvgIpc) is 3.31. The Hall–Kier alpha value is -0.720. The van der Waals surface area contributed by atoms with Gasteiger partial charge in [0.1, 0.15) is 0 Å². The molecule has 1 saturated heterocycles. The summed E-state index contributed by atoms with van der Waals surface area (Å²) in [4.78, 5) is 15.3. The van der Waals surface area contributed by atoms with Crippen molar-refractivity contribution in [2.75, 3.05) is 31.9 Å². The molecule has 3 aliphatic rings. The van der Waals surface area contributed by atoms with Crippen molar-refractivity contribution in [3.05, 3.63) is 10.6 Å². The maximum atomic E-state index is 12.1. The number of nitrogens with one attached hydrogen (secondary N) is 1. The van der Waals surface area contributed by atoms with E-state index in [-0.39, 0.29) is 0 Å². The zero-order valence-electron chi connectivity index (χ0n) is 15.1. The number of hydrogen-bond acceptors (Lipinski definition) is 5. The molecular formula is C18H34N4OS. The molecule has 0 aromatic heterocycles. The van der Waals surface area contributed by atoms with E-state index in [1.807, 2.05) is 4.90 Å². The van der Waals surface area contributed by atoms with Crippen molar-refractivity contribution in [1.29, 1.82) is 0 Å². The van der Waals surface area contributed by atoms with Gasteiger partial charge < -0.3 is 21.7 Å². The molecule has 2 aliphatic heterocycles. The van der Waals surface area contributed by atoms with Gasteiger partial charge in [-0.2, -0.15) is 0 Å². The van der Waals surface area contributed by atoms with Crippen LogP contribution in [0.15, 0.2) is 10.6 Å². The van der Waals surface area contributed by atoms with E-state index in [2.05, 4.69) is 12.2 Å². The third kappa shape index (κ3) is 5.97. The van der Waals surface area contributed by atoms with Crippen LogP contribution >= 0.6 is 11.8 Å². The first-order valence-electron chi connectivity index (χ1n) is 9.45. The first kappa shape index (κ1) is 19.6. The fraction of sp³-hybridized carbons (Fsp3) is 0.833. The molecule has 1 amide bonds. The topological polar surface area (TPSA) is 84.4 Å². The fourth-order valence-corrected chi connectivity index (χ4v) is 4.51. The van der Waals surface area contributed by atoms with Crippen LogP contribution < -0.4 is 16.8 Å². The lowest BCUT2D eigenvalue weighted by atomic mass is 10.0. The second kappa shape index (κ2) is 10.3. The molecule has 0 aromatic carbocycles. The second-order valence-electron chi connectivity index (χ2n) is 7.01. The number of nitrogens with zero attached hydrogens (tertiary/aromatic N) is 1. The maximum absolute atomic E-state index is 12.1. The molecule has 2 fully saturated rings. The predicted molar refractivity (Wildman–Crippen MR) is 103 cm³/mol. The first-order valence-corrected chi connectivity index (χ1v) is 10.4. The lowest BCUT2D eigenvalue weighted by Gasteiger charge is -2.18. The fourth-order valence-electron chi connectivity index (χ4n) is 3.66. The molecule has 2 heterocycles. The van der Waals surface area contributed by atoms with Crippen molar-refractivity contribution < 1.29 is 4.79 Å². The maximum Gasteiger partial charge on any atom is 0.223 e. The third-order valence-electron chi connectivity index (χ3n) is 5.11. The summed E-state index contributed by atoms with van der Waals surface area (Å²) < 4.78 is 0. The van der Waals surface area contributed by atoms with Gasteiger partial charge in [0.2, 0.25) is 5.91 Å². The van der Waals surface area contributed by atoms with Crippen LogP contribution in [0.4, 0.5) is 0 Å². The number of thioether (sulfide) groups is 1. The minimum atomic E-state index is 0.298. The first-order chi connectivity index (χ1) is 11.6. The Kier molecular flexibility index (Phi) is 8.42. The lowest BCUT2D eigenvalue weighted by Crippen LogP contribution is -2.31. The Morgan fingerprint density at radius 3 is 2.54 bits per heavy atom. The van der Waals surface area contributed by atoms with E-state index in [9.17, 15) is 4.79 Å². The van der Waals surface area contributed by atoms with Crippen LogP contribution in [0, 0.1) is 5.92 Å². The van der Waals surface area contributed by atoms with Gasteiger partial charge in [0, 0.05) is 29.6 Å². The van der Waals surface area contributed by atoms with Crippen LogP contribution in [0.2, 0.25) is 0 Å². The number of amides is 1. The summed E-state index contributed by atoms with van der Waals surface area (Å²) in [7, 11) is 0. The van der Waals surface area contributed by atoms with Crippen molar-refractivity contribution >= 4 is 17.7 Å². The van der Waals surface area contributed by atoms with Gasteiger partial charge in [0.25, 0.3) is 0 Å². The van der Waals surface area contributed by atoms with Crippen molar-refractivity contribution in [3.63, 3.8) is 0 Å². The van der Waals surface area contributed by atoms with Gasteiger partial charge in [-0.3, -0.25) is 4.79 Å². The summed E-state index contributed by atoms with van der Waals surface area (Å²) in [6.07, 6.45) is 8.39. The van der Waals surface area contributed by atoms with Crippen molar-refractivity contribution in [2.45, 2.75) is 57.9 Å². The van der Waals surface area contributed by atoms with Gasteiger partial charge in [-0.15, -0.1) is 11.8 Å². The predicted octanol–water partition coefficient (Wildman–Crippen LogP) is 2.03. The molecule has 3 rings (SSSR count). The number of nitrogens with two attached hydrogens (primary N) is 2. The van der Waals surface area contributed by atoms with Gasteiger partial charge in [0.05, 0.1) is 13.1 Å². The van der Waals surface area contributed by atoms with Gasteiger partial charge in [-0.1, -0.05) is 19.8 Å². The molecule has 1 aliphatic carbocycles. The normalized spacial score (nSPS) is 24.4. The molecule has 0 spiro atoms. The molecule has 5 nitrogen and oxygen atoms in total. The standard InChI is InChI=1S/C13H22N2OS.C5H12N2/c1-2-17-12-9-15(8-11(12)14)13(16)7-10-5-3-4-6-10;6-4-5-2-1-3-7-5/h10H,2-9,14H2,1H3;5,7H,1-4,6H2. The molecule has 138 valence electrons. The highest BCUT2D eigenvalue weighted by atomic mass is 32.2. The molecular weight excluding hydrogens is 320 g/mol. The third-order valence-corrected chi connectivity index (χ3v) is 6.14. The number of rotatable bonds is 5. The molecule has 0 radical (unpaired) electrons. The molecule has 0 bridgehead atoms. The van der Waals surface area contributed by atoms with E-state index >= 15 is 0 Å². The monoisotopic (exact) mass is 354 g/mol. The summed E-state index contributed by atoms with van der Waals surface area (Å²) in [5, 5.41) is 3.28. The quantitative estimate of drug-likeness (QED) is 0.703. The minimum Gasteiger partial charge on any atom is -0.400 e. The van der Waals surface area contributed by atoms with Gasteiger partial charge in [-0.25, -0.2) is 0 Å². The highest BCUT2D eigenvalue weighted by molar-refractivity contribution is 8.03. The smallest absolute Gasteiger partial charge is 0.223 e. The number of carbonyl (C=O) groups excluding carboxylic acids is 1. The van der Waals surface area contributed by atoms with Crippen LogP contribution in [0.5, 0.6) is 0 Å². The Morgan fingerprint density at radius 1 is 1.25 bits per heavy atom. The van der Waals surface area contributed by atoms with Crippen molar-refractivity contribution in [2.24, 2.45) is 17.4 Å². The van der Waals surface area contributed by atoms with Crippen LogP contribution in [0.25, 0.3) is 0 Å².